The molecule has 1 aliphatic rings. The molecule has 0 spiro atoms. The summed E-state index contributed by atoms with van der Waals surface area (Å²) in [6, 6.07) is 3.49. The summed E-state index contributed by atoms with van der Waals surface area (Å²) in [7, 11) is 0. The Morgan fingerprint density at radius 1 is 1.35 bits per heavy atom. The van der Waals surface area contributed by atoms with E-state index in [1.165, 1.54) is 23.5 Å². The molecule has 1 fully saturated rings. The van der Waals surface area contributed by atoms with Crippen molar-refractivity contribution in [2.24, 2.45) is 5.73 Å². The highest BCUT2D eigenvalue weighted by Gasteiger charge is 2.37. The Hall–Kier alpha value is -1.86. The van der Waals surface area contributed by atoms with E-state index in [0.717, 1.165) is 23.8 Å². The number of benzene rings is 1. The second kappa shape index (κ2) is 6.33. The predicted octanol–water partition coefficient (Wildman–Crippen LogP) is 3.22. The van der Waals surface area contributed by atoms with E-state index in [4.69, 9.17) is 5.73 Å². The monoisotopic (exact) mass is 337 g/mol. The Balaban J connectivity index is 1.67. The van der Waals surface area contributed by atoms with Gasteiger partial charge in [-0.25, -0.2) is 13.8 Å². The van der Waals surface area contributed by atoms with Gasteiger partial charge in [-0.3, -0.25) is 4.79 Å². The van der Waals surface area contributed by atoms with Crippen molar-refractivity contribution >= 4 is 22.4 Å². The van der Waals surface area contributed by atoms with Crippen LogP contribution in [0.15, 0.2) is 24.4 Å². The average Bonchev–Trinajstić information content (AvgIpc) is 3.12. The van der Waals surface area contributed by atoms with Gasteiger partial charge in [0.15, 0.2) is 5.13 Å². The molecule has 1 aliphatic carbocycles. The lowest BCUT2D eigenvalue weighted by Gasteiger charge is -2.21. The van der Waals surface area contributed by atoms with Crippen molar-refractivity contribution in [2.75, 3.05) is 5.32 Å². The number of carbonyl (C=O) groups excluding carboxylic acids is 1. The Kier molecular flexibility index (Phi) is 4.41. The lowest BCUT2D eigenvalue weighted by Crippen LogP contribution is -2.48. The summed E-state index contributed by atoms with van der Waals surface area (Å²) in [6.45, 7) is 0. The van der Waals surface area contributed by atoms with Crippen LogP contribution in [0.1, 0.15) is 36.1 Å². The number of thiazole rings is 1. The third-order valence-corrected chi connectivity index (χ3v) is 5.01. The summed E-state index contributed by atoms with van der Waals surface area (Å²) in [6.07, 6.45) is 5.15. The van der Waals surface area contributed by atoms with Gasteiger partial charge < -0.3 is 11.1 Å². The molecule has 0 saturated heterocycles. The van der Waals surface area contributed by atoms with E-state index in [1.54, 1.807) is 6.20 Å². The normalized spacial score (nSPS) is 16.5. The number of hydrogen-bond donors (Lipinski definition) is 2. The molecule has 1 amide bonds. The minimum atomic E-state index is -0.811. The first-order chi connectivity index (χ1) is 11.0. The molecule has 0 bridgehead atoms. The largest absolute Gasteiger partial charge is 0.317 e. The van der Waals surface area contributed by atoms with Crippen LogP contribution >= 0.6 is 11.3 Å². The van der Waals surface area contributed by atoms with Crippen molar-refractivity contribution in [2.45, 2.75) is 37.6 Å². The van der Waals surface area contributed by atoms with Crippen molar-refractivity contribution in [1.82, 2.24) is 4.98 Å². The van der Waals surface area contributed by atoms with Crippen LogP contribution in [0.5, 0.6) is 0 Å². The number of anilines is 1. The third-order valence-electron chi connectivity index (χ3n) is 4.10. The van der Waals surface area contributed by atoms with Crippen LogP contribution in [-0.2, 0) is 11.2 Å². The lowest BCUT2D eigenvalue weighted by molar-refractivity contribution is -0.121. The average molecular weight is 337 g/mol. The number of nitrogens with zero attached hydrogens (tertiary/aromatic N) is 1. The first-order valence-corrected chi connectivity index (χ1v) is 8.27. The number of nitrogens with one attached hydrogen (secondary N) is 1. The van der Waals surface area contributed by atoms with Gasteiger partial charge in [0.1, 0.15) is 11.6 Å². The fraction of sp³-hybridized carbons (Fsp3) is 0.375. The van der Waals surface area contributed by atoms with Gasteiger partial charge in [0.05, 0.1) is 5.54 Å². The number of hydrogen-bond acceptors (Lipinski definition) is 4. The van der Waals surface area contributed by atoms with E-state index >= 15 is 0 Å². The van der Waals surface area contributed by atoms with E-state index < -0.39 is 17.2 Å². The van der Waals surface area contributed by atoms with E-state index in [9.17, 15) is 13.6 Å². The number of carbonyl (C=O) groups is 1. The molecular weight excluding hydrogens is 320 g/mol. The van der Waals surface area contributed by atoms with Crippen LogP contribution in [0.4, 0.5) is 13.9 Å². The van der Waals surface area contributed by atoms with Crippen LogP contribution in [0.2, 0.25) is 0 Å². The van der Waals surface area contributed by atoms with Crippen LogP contribution in [-0.4, -0.2) is 16.4 Å². The van der Waals surface area contributed by atoms with Gasteiger partial charge in [-0.2, -0.15) is 0 Å². The number of halogens is 2. The quantitative estimate of drug-likeness (QED) is 0.900. The maximum atomic E-state index is 13.7. The topological polar surface area (TPSA) is 68.0 Å². The van der Waals surface area contributed by atoms with Crippen molar-refractivity contribution in [3.8, 4) is 0 Å². The van der Waals surface area contributed by atoms with Crippen LogP contribution in [0, 0.1) is 11.6 Å². The molecule has 1 heterocycles. The molecule has 1 aromatic carbocycles. The molecule has 0 atom stereocenters. The van der Waals surface area contributed by atoms with Crippen molar-refractivity contribution in [3.63, 3.8) is 0 Å². The van der Waals surface area contributed by atoms with Crippen LogP contribution in [0.3, 0.4) is 0 Å². The standard InChI is InChI=1S/C16H17F2N3OS/c17-11-4-3-10(13(18)8-11)7-12-9-20-15(23-12)21-14(22)16(19)5-1-2-6-16/h3-4,8-9H,1-2,5-7,19H2,(H,20,21,22). The summed E-state index contributed by atoms with van der Waals surface area (Å²) in [5.74, 6) is -1.41. The van der Waals surface area contributed by atoms with E-state index in [0.29, 0.717) is 30.0 Å². The first-order valence-electron chi connectivity index (χ1n) is 7.45. The summed E-state index contributed by atoms with van der Waals surface area (Å²) in [5.41, 5.74) is 5.67. The summed E-state index contributed by atoms with van der Waals surface area (Å²) in [4.78, 5) is 17.1. The predicted molar refractivity (Wildman–Crippen MR) is 85.3 cm³/mol. The maximum absolute atomic E-state index is 13.7. The molecule has 23 heavy (non-hydrogen) atoms. The minimum Gasteiger partial charge on any atom is -0.317 e. The molecule has 1 aromatic heterocycles. The van der Waals surface area contributed by atoms with Gasteiger partial charge in [0, 0.05) is 23.6 Å². The molecule has 7 heteroatoms. The zero-order chi connectivity index (χ0) is 16.4. The molecule has 0 radical (unpaired) electrons. The number of amides is 1. The van der Waals surface area contributed by atoms with E-state index in [-0.39, 0.29) is 5.91 Å². The molecule has 0 aliphatic heterocycles. The molecular formula is C16H17F2N3OS. The summed E-state index contributed by atoms with van der Waals surface area (Å²) in [5, 5.41) is 3.19. The highest BCUT2D eigenvalue weighted by molar-refractivity contribution is 7.15. The second-order valence-corrected chi connectivity index (χ2v) is 6.98. The Morgan fingerprint density at radius 3 is 2.78 bits per heavy atom. The van der Waals surface area contributed by atoms with Gasteiger partial charge >= 0.3 is 0 Å². The molecule has 1 saturated carbocycles. The van der Waals surface area contributed by atoms with E-state index in [1.807, 2.05) is 0 Å². The molecule has 2 aromatic rings. The van der Waals surface area contributed by atoms with Gasteiger partial charge in [-0.1, -0.05) is 18.9 Å². The second-order valence-electron chi connectivity index (χ2n) is 5.86. The van der Waals surface area contributed by atoms with Crippen molar-refractivity contribution in [3.05, 3.63) is 46.5 Å². The smallest absolute Gasteiger partial charge is 0.246 e. The van der Waals surface area contributed by atoms with E-state index in [2.05, 4.69) is 10.3 Å². The third kappa shape index (κ3) is 3.56. The van der Waals surface area contributed by atoms with Crippen LogP contribution < -0.4 is 11.1 Å². The SMILES string of the molecule is NC1(C(=O)Nc2ncc(Cc3ccc(F)cc3F)s2)CCCC1. The van der Waals surface area contributed by atoms with Gasteiger partial charge in [0.2, 0.25) is 5.91 Å². The number of nitrogens with two attached hydrogens (primary N) is 1. The molecule has 4 nitrogen and oxygen atoms in total. The summed E-state index contributed by atoms with van der Waals surface area (Å²) >= 11 is 1.27. The van der Waals surface area contributed by atoms with Crippen molar-refractivity contribution < 1.29 is 13.6 Å². The Bertz CT molecular complexity index is 726. The molecule has 3 N–H and O–H groups in total. The van der Waals surface area contributed by atoms with Gasteiger partial charge in [-0.05, 0) is 24.5 Å². The fourth-order valence-corrected chi connectivity index (χ4v) is 3.58. The number of rotatable bonds is 4. The summed E-state index contributed by atoms with van der Waals surface area (Å²) < 4.78 is 26.6. The fourth-order valence-electron chi connectivity index (χ4n) is 2.75. The minimum absolute atomic E-state index is 0.219. The highest BCUT2D eigenvalue weighted by Crippen LogP contribution is 2.29. The van der Waals surface area contributed by atoms with Gasteiger partial charge in [-0.15, -0.1) is 11.3 Å². The lowest BCUT2D eigenvalue weighted by atomic mass is 9.98. The maximum Gasteiger partial charge on any atom is 0.246 e. The van der Waals surface area contributed by atoms with Gasteiger partial charge in [0.25, 0.3) is 0 Å². The number of aromatic nitrogens is 1. The highest BCUT2D eigenvalue weighted by atomic mass is 32.1. The Labute approximate surface area is 136 Å². The molecule has 122 valence electrons. The van der Waals surface area contributed by atoms with Crippen molar-refractivity contribution in [1.29, 1.82) is 0 Å². The zero-order valence-corrected chi connectivity index (χ0v) is 13.3. The zero-order valence-electron chi connectivity index (χ0n) is 12.4. The van der Waals surface area contributed by atoms with Crippen LogP contribution in [0.25, 0.3) is 0 Å². The molecule has 0 unspecified atom stereocenters. The first kappa shape index (κ1) is 16.0. The Morgan fingerprint density at radius 2 is 2.09 bits per heavy atom. The molecule has 3 rings (SSSR count).